The lowest BCUT2D eigenvalue weighted by molar-refractivity contribution is -0.137. The predicted octanol–water partition coefficient (Wildman–Crippen LogP) is 1.88. The van der Waals surface area contributed by atoms with Crippen LogP contribution in [0.5, 0.6) is 0 Å². The maximum absolute atomic E-state index is 12.6. The highest BCUT2D eigenvalue weighted by Gasteiger charge is 2.79. The molecule has 1 unspecified atom stereocenters. The first-order valence-electron chi connectivity index (χ1n) is 9.14. The second-order valence-corrected chi connectivity index (χ2v) is 7.16. The maximum atomic E-state index is 12.6. The van der Waals surface area contributed by atoms with E-state index in [0.717, 1.165) is 5.57 Å². The van der Waals surface area contributed by atoms with Gasteiger partial charge in [-0.2, -0.15) is 0 Å². The Balaban J connectivity index is 1.90. The summed E-state index contributed by atoms with van der Waals surface area (Å²) in [5.74, 6) is -1.39. The van der Waals surface area contributed by atoms with Crippen LogP contribution in [0.3, 0.4) is 0 Å². The highest BCUT2D eigenvalue weighted by Crippen LogP contribution is 2.49. The number of ether oxygens (including phenoxy) is 2. The Morgan fingerprint density at radius 3 is 2.50 bits per heavy atom. The molecule has 0 bridgehead atoms. The summed E-state index contributed by atoms with van der Waals surface area (Å²) in [6, 6.07) is 0. The zero-order valence-electron chi connectivity index (χ0n) is 16.9. The highest BCUT2D eigenvalue weighted by molar-refractivity contribution is 6.21. The van der Waals surface area contributed by atoms with E-state index in [1.165, 1.54) is 14.0 Å². The van der Waals surface area contributed by atoms with Gasteiger partial charge < -0.3 is 19.9 Å². The van der Waals surface area contributed by atoms with Crippen LogP contribution in [-0.4, -0.2) is 47.3 Å². The topological polar surface area (TPSA) is 105 Å². The molecule has 7 heteroatoms. The molecular weight excluding hydrogens is 362 g/mol. The summed E-state index contributed by atoms with van der Waals surface area (Å²) in [7, 11) is 1.34. The summed E-state index contributed by atoms with van der Waals surface area (Å²) >= 11 is 0. The SMILES string of the molecule is C\C=C(/C=C(C)/C=C/CC/C=C(\C)C(=O)[C@@]12O[C@H]1C(C)(O)NC2=O)C(=O)OC. The number of unbranched alkanes of at least 4 members (excludes halogenated alkanes) is 1. The molecule has 0 radical (unpaired) electrons. The van der Waals surface area contributed by atoms with Gasteiger partial charge in [0, 0.05) is 0 Å². The van der Waals surface area contributed by atoms with Crippen molar-refractivity contribution < 1.29 is 29.0 Å². The number of hydrogen-bond donors (Lipinski definition) is 2. The number of epoxide rings is 1. The fourth-order valence-electron chi connectivity index (χ4n) is 3.22. The molecule has 3 atom stereocenters. The minimum atomic E-state index is -1.57. The van der Waals surface area contributed by atoms with E-state index < -0.39 is 29.1 Å². The Morgan fingerprint density at radius 1 is 1.32 bits per heavy atom. The van der Waals surface area contributed by atoms with Crippen LogP contribution in [0.4, 0.5) is 0 Å². The largest absolute Gasteiger partial charge is 0.465 e. The van der Waals surface area contributed by atoms with Gasteiger partial charge in [-0.15, -0.1) is 0 Å². The minimum absolute atomic E-state index is 0.387. The van der Waals surface area contributed by atoms with E-state index in [1.807, 2.05) is 19.1 Å². The average molecular weight is 389 g/mol. The molecule has 0 spiro atoms. The number of allylic oxidation sites excluding steroid dienone is 5. The van der Waals surface area contributed by atoms with Gasteiger partial charge in [0.15, 0.2) is 11.8 Å². The zero-order chi connectivity index (χ0) is 21.1. The van der Waals surface area contributed by atoms with E-state index >= 15 is 0 Å². The third-order valence-electron chi connectivity index (χ3n) is 4.81. The summed E-state index contributed by atoms with van der Waals surface area (Å²) in [6.07, 6.45) is 9.45. The van der Waals surface area contributed by atoms with Gasteiger partial charge in [0.1, 0.15) is 0 Å². The standard InChI is InChI=1S/C21H27NO6/c1-6-15(17(24)27-5)12-13(2)10-8-7-9-11-14(3)16(23)21-18(28-21)20(4,26)22-19(21)25/h6,8,10-12,18,26H,7,9H2,1-5H3,(H,22,25)/b10-8+,13-12+,14-11+,15-6+/t18-,20?,21+/m0/s1. The van der Waals surface area contributed by atoms with Crippen LogP contribution < -0.4 is 5.32 Å². The summed E-state index contributed by atoms with van der Waals surface area (Å²) in [5, 5.41) is 12.4. The van der Waals surface area contributed by atoms with Crippen molar-refractivity contribution in [2.75, 3.05) is 7.11 Å². The van der Waals surface area contributed by atoms with E-state index in [9.17, 15) is 19.5 Å². The van der Waals surface area contributed by atoms with Crippen molar-refractivity contribution in [3.63, 3.8) is 0 Å². The number of amides is 1. The molecule has 0 aromatic rings. The normalized spacial score (nSPS) is 30.3. The van der Waals surface area contributed by atoms with Gasteiger partial charge in [0.05, 0.1) is 12.7 Å². The second-order valence-electron chi connectivity index (χ2n) is 7.16. The monoisotopic (exact) mass is 389 g/mol. The molecule has 2 aliphatic heterocycles. The Kier molecular flexibility index (Phi) is 6.41. The predicted molar refractivity (Wildman–Crippen MR) is 103 cm³/mol. The lowest BCUT2D eigenvalue weighted by Gasteiger charge is -2.16. The first-order valence-corrected chi connectivity index (χ1v) is 9.14. The first-order chi connectivity index (χ1) is 13.1. The van der Waals surface area contributed by atoms with Crippen molar-refractivity contribution >= 4 is 17.7 Å². The maximum Gasteiger partial charge on any atom is 0.337 e. The van der Waals surface area contributed by atoms with E-state index in [2.05, 4.69) is 5.32 Å². The van der Waals surface area contributed by atoms with E-state index in [1.54, 1.807) is 32.1 Å². The number of hydrogen-bond acceptors (Lipinski definition) is 6. The summed E-state index contributed by atoms with van der Waals surface area (Å²) in [4.78, 5) is 36.2. The summed E-state index contributed by atoms with van der Waals surface area (Å²) in [5.41, 5.74) is -1.29. The van der Waals surface area contributed by atoms with Crippen molar-refractivity contribution in [2.45, 2.75) is 58.0 Å². The fourth-order valence-corrected chi connectivity index (χ4v) is 3.22. The highest BCUT2D eigenvalue weighted by atomic mass is 16.6. The van der Waals surface area contributed by atoms with Crippen LogP contribution in [0, 0.1) is 0 Å². The van der Waals surface area contributed by atoms with Gasteiger partial charge in [-0.05, 0) is 52.2 Å². The van der Waals surface area contributed by atoms with E-state index in [4.69, 9.17) is 9.47 Å². The molecule has 2 fully saturated rings. The summed E-state index contributed by atoms with van der Waals surface area (Å²) < 4.78 is 9.97. The van der Waals surface area contributed by atoms with Crippen LogP contribution in [0.15, 0.2) is 47.1 Å². The molecule has 2 rings (SSSR count). The number of Topliss-reactive ketones (excluding diaryl/α,β-unsaturated/α-hetero) is 1. The molecule has 152 valence electrons. The van der Waals surface area contributed by atoms with Crippen LogP contribution >= 0.6 is 0 Å². The zero-order valence-corrected chi connectivity index (χ0v) is 16.9. The lowest BCUT2D eigenvalue weighted by atomic mass is 9.93. The quantitative estimate of drug-likeness (QED) is 0.164. The fraction of sp³-hybridized carbons (Fsp3) is 0.476. The Bertz CT molecular complexity index is 802. The smallest absolute Gasteiger partial charge is 0.337 e. The van der Waals surface area contributed by atoms with Gasteiger partial charge in [0.25, 0.3) is 5.91 Å². The van der Waals surface area contributed by atoms with E-state index in [0.29, 0.717) is 24.0 Å². The minimum Gasteiger partial charge on any atom is -0.465 e. The molecule has 28 heavy (non-hydrogen) atoms. The number of morpholine rings is 1. The molecular formula is C21H27NO6. The van der Waals surface area contributed by atoms with Crippen LogP contribution in [0.25, 0.3) is 0 Å². The molecule has 7 nitrogen and oxygen atoms in total. The van der Waals surface area contributed by atoms with Gasteiger partial charge in [0.2, 0.25) is 11.4 Å². The number of rotatable bonds is 8. The molecule has 0 aliphatic carbocycles. The van der Waals surface area contributed by atoms with Crippen molar-refractivity contribution in [2.24, 2.45) is 0 Å². The molecule has 0 aromatic heterocycles. The van der Waals surface area contributed by atoms with Crippen molar-refractivity contribution in [1.82, 2.24) is 5.32 Å². The number of carbonyl (C=O) groups is 3. The van der Waals surface area contributed by atoms with Gasteiger partial charge in [-0.1, -0.05) is 29.9 Å². The second kappa shape index (κ2) is 8.24. The number of nitrogens with one attached hydrogen (secondary N) is 1. The molecule has 2 aliphatic rings. The third-order valence-corrected chi connectivity index (χ3v) is 4.81. The number of methoxy groups -OCH3 is 1. The van der Waals surface area contributed by atoms with Crippen LogP contribution in [0.2, 0.25) is 0 Å². The Hall–Kier alpha value is -2.51. The number of ketones is 1. The van der Waals surface area contributed by atoms with Gasteiger partial charge >= 0.3 is 5.97 Å². The molecule has 2 heterocycles. The molecule has 1 amide bonds. The molecule has 2 N–H and O–H groups in total. The Morgan fingerprint density at radius 2 is 2.00 bits per heavy atom. The average Bonchev–Trinajstić information content (AvgIpc) is 3.38. The van der Waals surface area contributed by atoms with Crippen molar-refractivity contribution in [1.29, 1.82) is 0 Å². The third kappa shape index (κ3) is 4.15. The number of aliphatic hydroxyl groups is 1. The van der Waals surface area contributed by atoms with Crippen LogP contribution in [-0.2, 0) is 23.9 Å². The molecule has 0 aromatic carbocycles. The van der Waals surface area contributed by atoms with Gasteiger partial charge in [-0.3, -0.25) is 9.59 Å². The van der Waals surface area contributed by atoms with Gasteiger partial charge in [-0.25, -0.2) is 4.79 Å². The summed E-state index contributed by atoms with van der Waals surface area (Å²) in [6.45, 7) is 6.69. The number of esters is 1. The lowest BCUT2D eigenvalue weighted by Crippen LogP contribution is -2.45. The van der Waals surface area contributed by atoms with Crippen molar-refractivity contribution in [3.8, 4) is 0 Å². The number of fused-ring (bicyclic) bond motifs is 1. The first kappa shape index (κ1) is 21.8. The van der Waals surface area contributed by atoms with Crippen LogP contribution in [0.1, 0.15) is 40.5 Å². The number of carbonyl (C=O) groups excluding carboxylic acids is 3. The molecule has 2 saturated heterocycles. The molecule has 0 saturated carbocycles. The Labute approximate surface area is 164 Å². The van der Waals surface area contributed by atoms with Crippen molar-refractivity contribution in [3.05, 3.63) is 47.1 Å². The van der Waals surface area contributed by atoms with E-state index in [-0.39, 0.29) is 5.97 Å².